The number of hydrogen-bond donors (Lipinski definition) is 1. The number of carbonyl (C=O) groups excluding carboxylic acids is 1. The fourth-order valence-corrected chi connectivity index (χ4v) is 2.70. The summed E-state index contributed by atoms with van der Waals surface area (Å²) in [6.45, 7) is 4.32. The summed E-state index contributed by atoms with van der Waals surface area (Å²) >= 11 is 1.53. The van der Waals surface area contributed by atoms with Crippen LogP contribution in [0.1, 0.15) is 23.7 Å². The maximum atomic E-state index is 12.1. The van der Waals surface area contributed by atoms with Gasteiger partial charge in [-0.1, -0.05) is 11.8 Å². The van der Waals surface area contributed by atoms with Crippen LogP contribution in [0.25, 0.3) is 0 Å². The highest BCUT2D eigenvalue weighted by atomic mass is 32.2. The minimum atomic E-state index is -0.360. The Morgan fingerprint density at radius 2 is 2.47 bits per heavy atom. The van der Waals surface area contributed by atoms with Crippen LogP contribution in [0.4, 0.5) is 0 Å². The number of rotatable bonds is 6. The minimum absolute atomic E-state index is 0.114. The zero-order valence-electron chi connectivity index (χ0n) is 10.8. The second kappa shape index (κ2) is 6.72. The topological polar surface area (TPSA) is 73.2 Å². The molecule has 1 aliphatic heterocycles. The summed E-state index contributed by atoms with van der Waals surface area (Å²) in [6.07, 6.45) is 2.10. The van der Waals surface area contributed by atoms with Gasteiger partial charge in [-0.15, -0.1) is 0 Å². The van der Waals surface area contributed by atoms with Crippen LogP contribution < -0.4 is 10.9 Å². The number of nitrogens with zero attached hydrogens (tertiary/aromatic N) is 2. The van der Waals surface area contributed by atoms with E-state index in [9.17, 15) is 9.59 Å². The number of carbonyl (C=O) groups is 1. The second-order valence-electron chi connectivity index (χ2n) is 4.07. The van der Waals surface area contributed by atoms with E-state index in [-0.39, 0.29) is 17.0 Å². The number of nitrogens with one attached hydrogen (secondary N) is 1. The Morgan fingerprint density at radius 3 is 3.26 bits per heavy atom. The maximum Gasteiger partial charge on any atom is 0.267 e. The van der Waals surface area contributed by atoms with E-state index in [0.717, 1.165) is 12.2 Å². The van der Waals surface area contributed by atoms with Crippen molar-refractivity contribution in [3.63, 3.8) is 0 Å². The monoisotopic (exact) mass is 283 g/mol. The van der Waals surface area contributed by atoms with Crippen molar-refractivity contribution < 1.29 is 9.53 Å². The maximum absolute atomic E-state index is 12.1. The van der Waals surface area contributed by atoms with E-state index < -0.39 is 0 Å². The Hall–Kier alpha value is -1.34. The molecule has 0 unspecified atom stereocenters. The molecule has 1 amide bonds. The van der Waals surface area contributed by atoms with Gasteiger partial charge in [-0.2, -0.15) is 0 Å². The molecule has 1 aromatic heterocycles. The van der Waals surface area contributed by atoms with Crippen LogP contribution in [0.2, 0.25) is 0 Å². The highest BCUT2D eigenvalue weighted by Gasteiger charge is 2.19. The second-order valence-corrected chi connectivity index (χ2v) is 5.13. The van der Waals surface area contributed by atoms with Crippen molar-refractivity contribution in [3.05, 3.63) is 22.1 Å². The number of amides is 1. The minimum Gasteiger partial charge on any atom is -0.382 e. The van der Waals surface area contributed by atoms with Gasteiger partial charge in [-0.3, -0.25) is 14.2 Å². The lowest BCUT2D eigenvalue weighted by atomic mass is 10.3. The number of fused-ring (bicyclic) bond motifs is 1. The predicted molar refractivity (Wildman–Crippen MR) is 72.7 cm³/mol. The van der Waals surface area contributed by atoms with Crippen molar-refractivity contribution >= 4 is 17.7 Å². The Kier molecular flexibility index (Phi) is 4.98. The molecule has 1 aliphatic rings. The SMILES string of the molecule is CCOCCCNC(=O)c1cnc2n(c1=O)CCS2. The molecule has 0 radical (unpaired) electrons. The summed E-state index contributed by atoms with van der Waals surface area (Å²) in [6, 6.07) is 0. The van der Waals surface area contributed by atoms with Gasteiger partial charge >= 0.3 is 0 Å². The third kappa shape index (κ3) is 3.36. The van der Waals surface area contributed by atoms with Crippen LogP contribution in [0.5, 0.6) is 0 Å². The zero-order valence-corrected chi connectivity index (χ0v) is 11.7. The lowest BCUT2D eigenvalue weighted by Crippen LogP contribution is -2.34. The fraction of sp³-hybridized carbons (Fsp3) is 0.583. The normalized spacial score (nSPS) is 13.3. The molecule has 104 valence electrons. The molecule has 0 bridgehead atoms. The molecule has 19 heavy (non-hydrogen) atoms. The van der Waals surface area contributed by atoms with Gasteiger partial charge in [0.1, 0.15) is 5.56 Å². The van der Waals surface area contributed by atoms with Crippen molar-refractivity contribution in [2.75, 3.05) is 25.5 Å². The average molecular weight is 283 g/mol. The third-order valence-electron chi connectivity index (χ3n) is 2.76. The van der Waals surface area contributed by atoms with Crippen molar-refractivity contribution in [2.24, 2.45) is 0 Å². The highest BCUT2D eigenvalue weighted by molar-refractivity contribution is 7.99. The first-order chi connectivity index (χ1) is 9.24. The van der Waals surface area contributed by atoms with Gasteiger partial charge in [-0.05, 0) is 13.3 Å². The summed E-state index contributed by atoms with van der Waals surface area (Å²) in [5, 5.41) is 3.40. The number of hydrogen-bond acceptors (Lipinski definition) is 5. The Morgan fingerprint density at radius 1 is 1.63 bits per heavy atom. The lowest BCUT2D eigenvalue weighted by molar-refractivity contribution is 0.0941. The zero-order chi connectivity index (χ0) is 13.7. The van der Waals surface area contributed by atoms with Crippen molar-refractivity contribution in [2.45, 2.75) is 25.0 Å². The van der Waals surface area contributed by atoms with Crippen LogP contribution in [0, 0.1) is 0 Å². The molecule has 6 nitrogen and oxygen atoms in total. The van der Waals surface area contributed by atoms with E-state index in [2.05, 4.69) is 10.3 Å². The van der Waals surface area contributed by atoms with E-state index in [1.807, 2.05) is 6.92 Å². The van der Waals surface area contributed by atoms with E-state index in [4.69, 9.17) is 4.74 Å². The lowest BCUT2D eigenvalue weighted by Gasteiger charge is -2.06. The quantitative estimate of drug-likeness (QED) is 0.608. The van der Waals surface area contributed by atoms with Gasteiger partial charge in [0.25, 0.3) is 11.5 Å². The molecular weight excluding hydrogens is 266 g/mol. The largest absolute Gasteiger partial charge is 0.382 e. The van der Waals surface area contributed by atoms with Crippen LogP contribution >= 0.6 is 11.8 Å². The summed E-state index contributed by atoms with van der Waals surface area (Å²) < 4.78 is 6.73. The average Bonchev–Trinajstić information content (AvgIpc) is 2.88. The summed E-state index contributed by atoms with van der Waals surface area (Å²) in [4.78, 5) is 28.1. The summed E-state index contributed by atoms with van der Waals surface area (Å²) in [7, 11) is 0. The van der Waals surface area contributed by atoms with Crippen LogP contribution in [0.3, 0.4) is 0 Å². The molecule has 7 heteroatoms. The van der Waals surface area contributed by atoms with Crippen LogP contribution in [-0.4, -0.2) is 41.0 Å². The number of thioether (sulfide) groups is 1. The highest BCUT2D eigenvalue weighted by Crippen LogP contribution is 2.20. The van der Waals surface area contributed by atoms with Gasteiger partial charge in [0, 0.05) is 38.3 Å². The van der Waals surface area contributed by atoms with E-state index >= 15 is 0 Å². The number of aromatic nitrogens is 2. The first kappa shape index (κ1) is 14.1. The first-order valence-corrected chi connectivity index (χ1v) is 7.31. The molecule has 0 saturated heterocycles. The molecule has 1 aromatic rings. The summed E-state index contributed by atoms with van der Waals surface area (Å²) in [5.41, 5.74) is -0.139. The van der Waals surface area contributed by atoms with Gasteiger partial charge in [0.15, 0.2) is 5.16 Å². The van der Waals surface area contributed by atoms with Crippen molar-refractivity contribution in [1.82, 2.24) is 14.9 Å². The molecule has 0 fully saturated rings. The third-order valence-corrected chi connectivity index (χ3v) is 3.73. The van der Waals surface area contributed by atoms with E-state index in [1.165, 1.54) is 18.0 Å². The van der Waals surface area contributed by atoms with Gasteiger partial charge < -0.3 is 10.1 Å². The molecule has 0 atom stereocenters. The predicted octanol–water partition coefficient (Wildman–Crippen LogP) is 0.505. The molecule has 0 saturated carbocycles. The first-order valence-electron chi connectivity index (χ1n) is 6.32. The van der Waals surface area contributed by atoms with Crippen LogP contribution in [0.15, 0.2) is 16.1 Å². The van der Waals surface area contributed by atoms with Crippen molar-refractivity contribution in [1.29, 1.82) is 0 Å². The van der Waals surface area contributed by atoms with Gasteiger partial charge in [-0.25, -0.2) is 4.98 Å². The standard InChI is InChI=1S/C12H17N3O3S/c1-2-18-6-3-4-13-10(16)9-8-14-12-15(11(9)17)5-7-19-12/h8H,2-7H2,1H3,(H,13,16). The van der Waals surface area contributed by atoms with Gasteiger partial charge in [0.2, 0.25) is 0 Å². The number of ether oxygens (including phenoxy) is 1. The summed E-state index contributed by atoms with van der Waals surface area (Å²) in [5.74, 6) is 0.475. The van der Waals surface area contributed by atoms with Crippen LogP contribution in [-0.2, 0) is 11.3 Å². The van der Waals surface area contributed by atoms with Gasteiger partial charge in [0.05, 0.1) is 0 Å². The molecular formula is C12H17N3O3S. The Bertz CT molecular complexity index is 515. The molecule has 0 spiro atoms. The smallest absolute Gasteiger partial charge is 0.267 e. The Balaban J connectivity index is 1.95. The van der Waals surface area contributed by atoms with Crippen molar-refractivity contribution in [3.8, 4) is 0 Å². The molecule has 2 rings (SSSR count). The molecule has 2 heterocycles. The fourth-order valence-electron chi connectivity index (χ4n) is 1.79. The molecule has 0 aromatic carbocycles. The molecule has 0 aliphatic carbocycles. The van der Waals surface area contributed by atoms with E-state index in [0.29, 0.717) is 31.5 Å². The van der Waals surface area contributed by atoms with E-state index in [1.54, 1.807) is 4.57 Å². The molecule has 1 N–H and O–H groups in total. The Labute approximate surface area is 115 Å².